The lowest BCUT2D eigenvalue weighted by Crippen LogP contribution is -2.52. The molecule has 10 heteroatoms. The lowest BCUT2D eigenvalue weighted by molar-refractivity contribution is -0.398. The molecule has 0 fully saturated rings. The van der Waals surface area contributed by atoms with Crippen LogP contribution in [0.1, 0.15) is 55.4 Å². The van der Waals surface area contributed by atoms with Gasteiger partial charge in [-0.25, -0.2) is 26.3 Å². The first-order chi connectivity index (χ1) is 11.9. The van der Waals surface area contributed by atoms with E-state index in [1.165, 1.54) is 0 Å². The Balaban J connectivity index is 5.21. The van der Waals surface area contributed by atoms with Gasteiger partial charge < -0.3 is 18.9 Å². The van der Waals surface area contributed by atoms with Gasteiger partial charge in [0.15, 0.2) is 31.5 Å². The van der Waals surface area contributed by atoms with Crippen LogP contribution in [0.25, 0.3) is 0 Å². The van der Waals surface area contributed by atoms with Gasteiger partial charge in [-0.05, 0) is 55.4 Å². The Bertz CT molecular complexity index is 419. The second kappa shape index (κ2) is 9.28. The van der Waals surface area contributed by atoms with Crippen LogP contribution in [0.15, 0.2) is 0 Å². The fourth-order valence-electron chi connectivity index (χ4n) is 1.67. The zero-order valence-electron chi connectivity index (χ0n) is 16.9. The highest BCUT2D eigenvalue weighted by Crippen LogP contribution is 2.34. The molecule has 0 aliphatic heterocycles. The van der Waals surface area contributed by atoms with E-state index in [9.17, 15) is 26.3 Å². The molecule has 4 nitrogen and oxygen atoms in total. The van der Waals surface area contributed by atoms with Gasteiger partial charge >= 0.3 is 0 Å². The zero-order valence-corrected chi connectivity index (χ0v) is 16.9. The highest BCUT2D eigenvalue weighted by molar-refractivity contribution is 4.80. The molecule has 8 unspecified atom stereocenters. The van der Waals surface area contributed by atoms with Gasteiger partial charge in [-0.2, -0.15) is 0 Å². The molecule has 0 amide bonds. The van der Waals surface area contributed by atoms with Gasteiger partial charge in [0.25, 0.3) is 0 Å². The summed E-state index contributed by atoms with van der Waals surface area (Å²) in [4.78, 5) is 0. The van der Waals surface area contributed by atoms with Crippen molar-refractivity contribution >= 4 is 0 Å². The van der Waals surface area contributed by atoms with Crippen molar-refractivity contribution in [2.75, 3.05) is 6.79 Å². The van der Waals surface area contributed by atoms with Crippen molar-refractivity contribution in [3.8, 4) is 0 Å². The van der Waals surface area contributed by atoms with Gasteiger partial charge in [-0.1, -0.05) is 0 Å². The molecule has 0 radical (unpaired) electrons. The molecule has 0 aliphatic carbocycles. The van der Waals surface area contributed by atoms with Crippen molar-refractivity contribution in [1.29, 1.82) is 0 Å². The van der Waals surface area contributed by atoms with E-state index in [0.717, 1.165) is 55.4 Å². The molecule has 0 aromatic carbocycles. The van der Waals surface area contributed by atoms with Crippen LogP contribution in [-0.4, -0.2) is 54.8 Å². The van der Waals surface area contributed by atoms with Gasteiger partial charge in [0.1, 0.15) is 0 Å². The highest BCUT2D eigenvalue weighted by Gasteiger charge is 2.48. The lowest BCUT2D eigenvalue weighted by Gasteiger charge is -2.40. The summed E-state index contributed by atoms with van der Waals surface area (Å²) in [5.74, 6) is -10.4. The largest absolute Gasteiger partial charge is 0.321 e. The highest BCUT2D eigenvalue weighted by atomic mass is 19.2. The van der Waals surface area contributed by atoms with E-state index in [-0.39, 0.29) is 0 Å². The topological polar surface area (TPSA) is 36.9 Å². The summed E-state index contributed by atoms with van der Waals surface area (Å²) in [6, 6.07) is 0. The average Bonchev–Trinajstić information content (AvgIpc) is 2.45. The summed E-state index contributed by atoms with van der Waals surface area (Å²) >= 11 is 0. The smallest absolute Gasteiger partial charge is 0.240 e. The van der Waals surface area contributed by atoms with Crippen LogP contribution in [0.5, 0.6) is 0 Å². The van der Waals surface area contributed by atoms with Crippen molar-refractivity contribution in [2.45, 2.75) is 103 Å². The van der Waals surface area contributed by atoms with E-state index in [4.69, 9.17) is 18.9 Å². The minimum absolute atomic E-state index is 0.747. The first-order valence-electron chi connectivity index (χ1n) is 8.52. The average molecular weight is 412 g/mol. The normalized spacial score (nSPS) is 26.0. The predicted molar refractivity (Wildman–Crippen MR) is 87.3 cm³/mol. The molecule has 0 N–H and O–H groups in total. The molecule has 0 aromatic rings. The van der Waals surface area contributed by atoms with E-state index in [2.05, 4.69) is 0 Å². The minimum atomic E-state index is -2.89. The second-order valence-electron chi connectivity index (χ2n) is 7.08. The van der Waals surface area contributed by atoms with Crippen LogP contribution < -0.4 is 0 Å². The minimum Gasteiger partial charge on any atom is -0.321 e. The molecule has 0 heterocycles. The third-order valence-electron chi connectivity index (χ3n) is 4.36. The molecule has 0 aromatic heterocycles. The van der Waals surface area contributed by atoms with E-state index in [1.54, 1.807) is 0 Å². The maximum absolute atomic E-state index is 14.1. The summed E-state index contributed by atoms with van der Waals surface area (Å²) in [5, 5.41) is 0. The third-order valence-corrected chi connectivity index (χ3v) is 4.36. The number of hydrogen-bond acceptors (Lipinski definition) is 4. The molecule has 0 saturated carbocycles. The maximum atomic E-state index is 14.1. The Morgan fingerprint density at radius 2 is 0.852 bits per heavy atom. The molecular formula is C17H30F6O4. The third kappa shape index (κ3) is 7.40. The van der Waals surface area contributed by atoms with Gasteiger partial charge in [0, 0.05) is 0 Å². The molecular weight excluding hydrogens is 382 g/mol. The summed E-state index contributed by atoms with van der Waals surface area (Å²) in [7, 11) is 0. The van der Waals surface area contributed by atoms with Crippen molar-refractivity contribution < 1.29 is 45.3 Å². The van der Waals surface area contributed by atoms with Gasteiger partial charge in [-0.3, -0.25) is 0 Å². The van der Waals surface area contributed by atoms with Gasteiger partial charge in [0.2, 0.25) is 23.3 Å². The molecule has 0 rings (SSSR count). The fourth-order valence-corrected chi connectivity index (χ4v) is 1.67. The monoisotopic (exact) mass is 412 g/mol. The Labute approximate surface area is 156 Å². The van der Waals surface area contributed by atoms with Crippen LogP contribution in [0.4, 0.5) is 26.3 Å². The van der Waals surface area contributed by atoms with Crippen LogP contribution in [0.3, 0.4) is 0 Å². The SMILES string of the molecule is CC(F)C(C)(F)OC(C)(OCOC(C)(OC(C)(F)C(C)F)C(C)F)C(C)F. The number of alkyl halides is 6. The van der Waals surface area contributed by atoms with Crippen LogP contribution >= 0.6 is 0 Å². The number of halogens is 6. The summed E-state index contributed by atoms with van der Waals surface area (Å²) in [6.45, 7) is 6.20. The Morgan fingerprint density at radius 1 is 0.593 bits per heavy atom. The number of ether oxygens (including phenoxy) is 4. The van der Waals surface area contributed by atoms with Crippen LogP contribution in [-0.2, 0) is 18.9 Å². The second-order valence-corrected chi connectivity index (χ2v) is 7.08. The van der Waals surface area contributed by atoms with E-state index in [1.807, 2.05) is 0 Å². The van der Waals surface area contributed by atoms with Gasteiger partial charge in [-0.15, -0.1) is 0 Å². The first kappa shape index (κ1) is 26.4. The Kier molecular flexibility index (Phi) is 9.08. The van der Waals surface area contributed by atoms with E-state index < -0.39 is 54.8 Å². The van der Waals surface area contributed by atoms with E-state index in [0.29, 0.717) is 0 Å². The molecule has 8 atom stereocenters. The Morgan fingerprint density at radius 3 is 1.04 bits per heavy atom. The summed E-state index contributed by atoms with van der Waals surface area (Å²) in [6.07, 6.45) is -8.14. The number of rotatable bonds is 12. The zero-order chi connectivity index (χ0) is 21.8. The molecule has 0 bridgehead atoms. The summed E-state index contributed by atoms with van der Waals surface area (Å²) < 4.78 is 102. The molecule has 164 valence electrons. The first-order valence-corrected chi connectivity index (χ1v) is 8.52. The molecule has 0 spiro atoms. The quantitative estimate of drug-likeness (QED) is 0.324. The summed E-state index contributed by atoms with van der Waals surface area (Å²) in [5.41, 5.74) is 0. The van der Waals surface area contributed by atoms with Crippen molar-refractivity contribution in [2.24, 2.45) is 0 Å². The predicted octanol–water partition coefficient (Wildman–Crippen LogP) is 5.25. The molecule has 0 saturated heterocycles. The lowest BCUT2D eigenvalue weighted by atomic mass is 10.1. The standard InChI is InChI=1S/C17H30F6O4/c1-10(18)14(5,22)26-16(7,12(3)20)24-9-25-17(8,13(4)21)27-15(6,23)11(2)19/h10-13H,9H2,1-8H3. The van der Waals surface area contributed by atoms with Crippen LogP contribution in [0.2, 0.25) is 0 Å². The maximum Gasteiger partial charge on any atom is 0.240 e. The fraction of sp³-hybridized carbons (Fsp3) is 1.00. The van der Waals surface area contributed by atoms with Crippen molar-refractivity contribution in [1.82, 2.24) is 0 Å². The molecule has 0 aliphatic rings. The number of hydrogen-bond donors (Lipinski definition) is 0. The van der Waals surface area contributed by atoms with Crippen molar-refractivity contribution in [3.63, 3.8) is 0 Å². The van der Waals surface area contributed by atoms with Crippen LogP contribution in [0, 0.1) is 0 Å². The Hall–Kier alpha value is -0.580. The van der Waals surface area contributed by atoms with Crippen molar-refractivity contribution in [3.05, 3.63) is 0 Å². The molecule has 27 heavy (non-hydrogen) atoms. The van der Waals surface area contributed by atoms with E-state index >= 15 is 0 Å². The van der Waals surface area contributed by atoms with Gasteiger partial charge in [0.05, 0.1) is 0 Å².